The van der Waals surface area contributed by atoms with Gasteiger partial charge in [0.1, 0.15) is 6.04 Å². The standard InChI is InChI=1S/C17H26F3N3O2S/c1-3-13-5-6-15(11-14(13)4-2)26(24,25)22-12-16(17(18,19)20)23-9-7-21-8-10-23/h5-6,11,16,21-22H,3-4,7-10,12H2,1-2H3. The maximum atomic E-state index is 13.4. The van der Waals surface area contributed by atoms with E-state index in [1.54, 1.807) is 12.1 Å². The van der Waals surface area contributed by atoms with Gasteiger partial charge in [-0.1, -0.05) is 19.9 Å². The molecular weight excluding hydrogens is 367 g/mol. The molecule has 0 bridgehead atoms. The summed E-state index contributed by atoms with van der Waals surface area (Å²) >= 11 is 0. The van der Waals surface area contributed by atoms with Crippen molar-refractivity contribution in [2.24, 2.45) is 0 Å². The van der Waals surface area contributed by atoms with Gasteiger partial charge in [0.2, 0.25) is 10.0 Å². The summed E-state index contributed by atoms with van der Waals surface area (Å²) in [6.45, 7) is 4.58. The highest BCUT2D eigenvalue weighted by Gasteiger charge is 2.44. The average Bonchev–Trinajstić information content (AvgIpc) is 2.60. The molecule has 1 aromatic rings. The maximum absolute atomic E-state index is 13.4. The Morgan fingerprint density at radius 3 is 2.31 bits per heavy atom. The zero-order chi connectivity index (χ0) is 19.4. The number of halogens is 3. The van der Waals surface area contributed by atoms with Crippen molar-refractivity contribution in [1.82, 2.24) is 14.9 Å². The predicted molar refractivity (Wildman–Crippen MR) is 94.7 cm³/mol. The van der Waals surface area contributed by atoms with Crippen LogP contribution >= 0.6 is 0 Å². The zero-order valence-electron chi connectivity index (χ0n) is 15.1. The highest BCUT2D eigenvalue weighted by Crippen LogP contribution is 2.25. The Hall–Kier alpha value is -1.16. The monoisotopic (exact) mass is 393 g/mol. The lowest BCUT2D eigenvalue weighted by Gasteiger charge is -2.35. The third-order valence-electron chi connectivity index (χ3n) is 4.69. The molecule has 0 radical (unpaired) electrons. The normalized spacial score (nSPS) is 18.0. The van der Waals surface area contributed by atoms with Crippen molar-refractivity contribution < 1.29 is 21.6 Å². The first kappa shape index (κ1) is 21.1. The summed E-state index contributed by atoms with van der Waals surface area (Å²) in [5.41, 5.74) is 1.94. The van der Waals surface area contributed by atoms with Gasteiger partial charge in [-0.3, -0.25) is 4.90 Å². The molecule has 0 saturated carbocycles. The van der Waals surface area contributed by atoms with Crippen LogP contribution in [0.15, 0.2) is 23.1 Å². The molecule has 0 amide bonds. The van der Waals surface area contributed by atoms with Gasteiger partial charge in [0, 0.05) is 32.7 Å². The van der Waals surface area contributed by atoms with E-state index >= 15 is 0 Å². The summed E-state index contributed by atoms with van der Waals surface area (Å²) < 4.78 is 67.4. The van der Waals surface area contributed by atoms with E-state index in [-0.39, 0.29) is 18.0 Å². The van der Waals surface area contributed by atoms with Gasteiger partial charge in [-0.2, -0.15) is 13.2 Å². The fourth-order valence-corrected chi connectivity index (χ4v) is 4.25. The lowest BCUT2D eigenvalue weighted by Crippen LogP contribution is -2.57. The molecule has 1 fully saturated rings. The summed E-state index contributed by atoms with van der Waals surface area (Å²) in [6.07, 6.45) is -3.06. The van der Waals surface area contributed by atoms with Crippen molar-refractivity contribution in [3.05, 3.63) is 29.3 Å². The molecule has 0 spiro atoms. The van der Waals surface area contributed by atoms with E-state index in [9.17, 15) is 21.6 Å². The van der Waals surface area contributed by atoms with Crippen molar-refractivity contribution in [3.63, 3.8) is 0 Å². The van der Waals surface area contributed by atoms with E-state index in [1.807, 2.05) is 13.8 Å². The van der Waals surface area contributed by atoms with Crippen LogP contribution in [0.1, 0.15) is 25.0 Å². The molecule has 5 nitrogen and oxygen atoms in total. The predicted octanol–water partition coefficient (Wildman–Crippen LogP) is 1.93. The van der Waals surface area contributed by atoms with Gasteiger partial charge in [-0.15, -0.1) is 0 Å². The van der Waals surface area contributed by atoms with E-state index in [4.69, 9.17) is 0 Å². The molecule has 26 heavy (non-hydrogen) atoms. The third-order valence-corrected chi connectivity index (χ3v) is 6.11. The molecular formula is C17H26F3N3O2S. The van der Waals surface area contributed by atoms with Crippen LogP contribution in [-0.2, 0) is 22.9 Å². The summed E-state index contributed by atoms with van der Waals surface area (Å²) in [5, 5.41) is 2.99. The molecule has 148 valence electrons. The second-order valence-electron chi connectivity index (χ2n) is 6.33. The first-order chi connectivity index (χ1) is 12.2. The Morgan fingerprint density at radius 1 is 1.15 bits per heavy atom. The van der Waals surface area contributed by atoms with Crippen LogP contribution in [0.3, 0.4) is 0 Å². The molecule has 9 heteroatoms. The minimum atomic E-state index is -4.50. The van der Waals surface area contributed by atoms with Crippen LogP contribution in [0, 0.1) is 0 Å². The van der Waals surface area contributed by atoms with Gasteiger partial charge in [-0.25, -0.2) is 13.1 Å². The van der Waals surface area contributed by atoms with E-state index in [0.29, 0.717) is 19.5 Å². The van der Waals surface area contributed by atoms with Crippen LogP contribution in [0.2, 0.25) is 0 Å². The maximum Gasteiger partial charge on any atom is 0.405 e. The molecule has 1 aliphatic rings. The number of rotatable bonds is 7. The van der Waals surface area contributed by atoms with Crippen LogP contribution in [0.5, 0.6) is 0 Å². The van der Waals surface area contributed by atoms with Gasteiger partial charge in [0.15, 0.2) is 0 Å². The Balaban J connectivity index is 2.16. The van der Waals surface area contributed by atoms with Crippen LogP contribution in [0.4, 0.5) is 13.2 Å². The molecule has 1 atom stereocenters. The number of benzene rings is 1. The first-order valence-electron chi connectivity index (χ1n) is 8.82. The van der Waals surface area contributed by atoms with Gasteiger partial charge < -0.3 is 5.32 Å². The average molecular weight is 393 g/mol. The lowest BCUT2D eigenvalue weighted by molar-refractivity contribution is -0.182. The quantitative estimate of drug-likeness (QED) is 0.743. The van der Waals surface area contributed by atoms with E-state index in [0.717, 1.165) is 17.5 Å². The molecule has 0 aromatic heterocycles. The summed E-state index contributed by atoms with van der Waals surface area (Å²) in [6, 6.07) is 2.90. The molecule has 2 rings (SSSR count). The minimum Gasteiger partial charge on any atom is -0.314 e. The SMILES string of the molecule is CCc1ccc(S(=O)(=O)NCC(N2CCNCC2)C(F)(F)F)cc1CC. The number of nitrogens with one attached hydrogen (secondary N) is 2. The van der Waals surface area contributed by atoms with Crippen LogP contribution in [0.25, 0.3) is 0 Å². The molecule has 0 aliphatic carbocycles. The lowest BCUT2D eigenvalue weighted by atomic mass is 10.0. The third kappa shape index (κ3) is 5.18. The smallest absolute Gasteiger partial charge is 0.314 e. The van der Waals surface area contributed by atoms with Gasteiger partial charge in [0.25, 0.3) is 0 Å². The minimum absolute atomic E-state index is 0.00721. The summed E-state index contributed by atoms with van der Waals surface area (Å²) in [7, 11) is -4.00. The van der Waals surface area contributed by atoms with Crippen LogP contribution < -0.4 is 10.0 Å². The van der Waals surface area contributed by atoms with Gasteiger partial charge in [0.05, 0.1) is 4.90 Å². The highest BCUT2D eigenvalue weighted by atomic mass is 32.2. The van der Waals surface area contributed by atoms with Crippen LogP contribution in [-0.4, -0.2) is 58.3 Å². The van der Waals surface area contributed by atoms with Crippen molar-refractivity contribution >= 4 is 10.0 Å². The number of piperazine rings is 1. The Bertz CT molecular complexity index is 702. The number of nitrogens with zero attached hydrogens (tertiary/aromatic N) is 1. The Kier molecular flexibility index (Phi) is 7.06. The van der Waals surface area contributed by atoms with Gasteiger partial charge in [-0.05, 0) is 36.1 Å². The fourth-order valence-electron chi connectivity index (χ4n) is 3.16. The van der Waals surface area contributed by atoms with Crippen molar-refractivity contribution in [2.75, 3.05) is 32.7 Å². The largest absolute Gasteiger partial charge is 0.405 e. The van der Waals surface area contributed by atoms with E-state index in [2.05, 4.69) is 10.0 Å². The molecule has 1 aliphatic heterocycles. The Morgan fingerprint density at radius 2 is 1.77 bits per heavy atom. The number of sulfonamides is 1. The number of hydrogen-bond donors (Lipinski definition) is 2. The van der Waals surface area contributed by atoms with Crippen molar-refractivity contribution in [1.29, 1.82) is 0 Å². The van der Waals surface area contributed by atoms with Crippen molar-refractivity contribution in [2.45, 2.75) is 43.8 Å². The Labute approximate surface area is 153 Å². The molecule has 2 N–H and O–H groups in total. The zero-order valence-corrected chi connectivity index (χ0v) is 15.9. The van der Waals surface area contributed by atoms with E-state index < -0.39 is 28.8 Å². The van der Waals surface area contributed by atoms with E-state index in [1.165, 1.54) is 11.0 Å². The number of aryl methyl sites for hydroxylation is 2. The summed E-state index contributed by atoms with van der Waals surface area (Å²) in [4.78, 5) is 1.28. The van der Waals surface area contributed by atoms with Gasteiger partial charge >= 0.3 is 6.18 Å². The second kappa shape index (κ2) is 8.69. The molecule has 1 unspecified atom stereocenters. The topological polar surface area (TPSA) is 61.4 Å². The number of alkyl halides is 3. The molecule has 1 saturated heterocycles. The fraction of sp³-hybridized carbons (Fsp3) is 0.647. The highest BCUT2D eigenvalue weighted by molar-refractivity contribution is 7.89. The number of hydrogen-bond acceptors (Lipinski definition) is 4. The molecule has 1 heterocycles. The second-order valence-corrected chi connectivity index (χ2v) is 8.10. The summed E-state index contributed by atoms with van der Waals surface area (Å²) in [5.74, 6) is 0. The van der Waals surface area contributed by atoms with Crippen molar-refractivity contribution in [3.8, 4) is 0 Å². The first-order valence-corrected chi connectivity index (χ1v) is 10.3. The molecule has 1 aromatic carbocycles.